The third-order valence-corrected chi connectivity index (χ3v) is 6.72. The lowest BCUT2D eigenvalue weighted by Crippen LogP contribution is -2.30. The van der Waals surface area contributed by atoms with Gasteiger partial charge in [-0.2, -0.15) is 0 Å². The van der Waals surface area contributed by atoms with Crippen LogP contribution in [0.5, 0.6) is 0 Å². The SMILES string of the molecule is CC(C)NC(=O)c1ccc2c(=O)n(Cc3ccccc3)c3nnc(SCc4ccc(F)cc4)n3c2c1. The Kier molecular flexibility index (Phi) is 6.56. The zero-order valence-electron chi connectivity index (χ0n) is 19.8. The Morgan fingerprint density at radius 2 is 1.75 bits per heavy atom. The number of hydrogen-bond acceptors (Lipinski definition) is 5. The minimum atomic E-state index is -0.292. The Morgan fingerprint density at radius 1 is 1.00 bits per heavy atom. The number of nitrogens with one attached hydrogen (secondary N) is 1. The Labute approximate surface area is 211 Å². The van der Waals surface area contributed by atoms with E-state index in [0.29, 0.717) is 39.7 Å². The molecule has 5 aromatic rings. The van der Waals surface area contributed by atoms with Crippen LogP contribution in [-0.4, -0.2) is 31.1 Å². The predicted molar refractivity (Wildman–Crippen MR) is 139 cm³/mol. The molecule has 1 N–H and O–H groups in total. The fourth-order valence-electron chi connectivity index (χ4n) is 4.00. The lowest BCUT2D eigenvalue weighted by Gasteiger charge is -2.13. The Morgan fingerprint density at radius 3 is 2.47 bits per heavy atom. The van der Waals surface area contributed by atoms with Crippen LogP contribution in [0.25, 0.3) is 16.7 Å². The van der Waals surface area contributed by atoms with Gasteiger partial charge in [0.15, 0.2) is 5.16 Å². The molecule has 0 radical (unpaired) electrons. The van der Waals surface area contributed by atoms with Crippen LogP contribution in [0.1, 0.15) is 35.3 Å². The zero-order valence-corrected chi connectivity index (χ0v) is 20.6. The highest BCUT2D eigenvalue weighted by Gasteiger charge is 2.19. The summed E-state index contributed by atoms with van der Waals surface area (Å²) in [6.07, 6.45) is 0. The quantitative estimate of drug-likeness (QED) is 0.328. The Balaban J connectivity index is 1.66. The first-order chi connectivity index (χ1) is 17.4. The number of thioether (sulfide) groups is 1. The van der Waals surface area contributed by atoms with Crippen LogP contribution in [0, 0.1) is 5.82 Å². The molecular weight excluding hydrogens is 477 g/mol. The van der Waals surface area contributed by atoms with Gasteiger partial charge in [-0.1, -0.05) is 54.2 Å². The normalized spacial score (nSPS) is 11.4. The average Bonchev–Trinajstić information content (AvgIpc) is 3.30. The van der Waals surface area contributed by atoms with Crippen LogP contribution in [0.2, 0.25) is 0 Å². The van der Waals surface area contributed by atoms with Crippen molar-refractivity contribution >= 4 is 34.3 Å². The summed E-state index contributed by atoms with van der Waals surface area (Å²) in [4.78, 5) is 26.3. The molecule has 1 amide bonds. The third-order valence-electron chi connectivity index (χ3n) is 5.72. The van der Waals surface area contributed by atoms with E-state index in [0.717, 1.165) is 11.1 Å². The van der Waals surface area contributed by atoms with Crippen molar-refractivity contribution in [3.05, 3.63) is 106 Å². The number of fused-ring (bicyclic) bond motifs is 3. The average molecular weight is 502 g/mol. The molecule has 36 heavy (non-hydrogen) atoms. The molecule has 0 unspecified atom stereocenters. The molecule has 0 atom stereocenters. The zero-order chi connectivity index (χ0) is 25.2. The maximum absolute atomic E-state index is 13.6. The summed E-state index contributed by atoms with van der Waals surface area (Å²) in [5.41, 5.74) is 2.68. The number of aromatic nitrogens is 4. The molecule has 0 aliphatic rings. The minimum absolute atomic E-state index is 0.0242. The summed E-state index contributed by atoms with van der Waals surface area (Å²) >= 11 is 1.43. The maximum atomic E-state index is 13.6. The molecule has 5 rings (SSSR count). The van der Waals surface area contributed by atoms with Crippen LogP contribution in [0.4, 0.5) is 4.39 Å². The van der Waals surface area contributed by atoms with Gasteiger partial charge in [0.2, 0.25) is 5.78 Å². The van der Waals surface area contributed by atoms with E-state index in [-0.39, 0.29) is 23.3 Å². The van der Waals surface area contributed by atoms with Crippen LogP contribution in [-0.2, 0) is 12.3 Å². The fraction of sp³-hybridized carbons (Fsp3) is 0.185. The summed E-state index contributed by atoms with van der Waals surface area (Å²) in [7, 11) is 0. The van der Waals surface area contributed by atoms with Crippen LogP contribution in [0.15, 0.2) is 82.7 Å². The number of rotatable bonds is 7. The molecular formula is C27H24FN5O2S. The highest BCUT2D eigenvalue weighted by atomic mass is 32.2. The van der Waals surface area contributed by atoms with E-state index < -0.39 is 0 Å². The van der Waals surface area contributed by atoms with Crippen molar-refractivity contribution in [2.24, 2.45) is 0 Å². The molecule has 0 bridgehead atoms. The number of nitrogens with zero attached hydrogens (tertiary/aromatic N) is 4. The van der Waals surface area contributed by atoms with Crippen molar-refractivity contribution in [1.82, 2.24) is 24.5 Å². The molecule has 0 aliphatic heterocycles. The number of carbonyl (C=O) groups is 1. The lowest BCUT2D eigenvalue weighted by molar-refractivity contribution is 0.0943. The van der Waals surface area contributed by atoms with Crippen molar-refractivity contribution in [2.75, 3.05) is 0 Å². The second-order valence-electron chi connectivity index (χ2n) is 8.77. The number of halogens is 1. The second-order valence-corrected chi connectivity index (χ2v) is 9.71. The van der Waals surface area contributed by atoms with E-state index in [2.05, 4.69) is 15.5 Å². The topological polar surface area (TPSA) is 81.3 Å². The fourth-order valence-corrected chi connectivity index (χ4v) is 4.89. The van der Waals surface area contributed by atoms with E-state index in [1.807, 2.05) is 48.6 Å². The van der Waals surface area contributed by atoms with Gasteiger partial charge in [0.1, 0.15) is 5.82 Å². The lowest BCUT2D eigenvalue weighted by atomic mass is 10.1. The van der Waals surface area contributed by atoms with Gasteiger partial charge in [-0.3, -0.25) is 18.6 Å². The van der Waals surface area contributed by atoms with Gasteiger partial charge in [0.05, 0.1) is 17.4 Å². The number of amides is 1. The summed E-state index contributed by atoms with van der Waals surface area (Å²) in [6, 6.07) is 21.0. The maximum Gasteiger partial charge on any atom is 0.263 e. The molecule has 0 aliphatic carbocycles. The van der Waals surface area contributed by atoms with E-state index in [1.54, 1.807) is 34.9 Å². The van der Waals surface area contributed by atoms with Crippen molar-refractivity contribution in [3.63, 3.8) is 0 Å². The van der Waals surface area contributed by atoms with Gasteiger partial charge >= 0.3 is 0 Å². The molecule has 0 fully saturated rings. The molecule has 2 heterocycles. The highest BCUT2D eigenvalue weighted by Crippen LogP contribution is 2.26. The molecule has 2 aromatic heterocycles. The molecule has 0 saturated carbocycles. The van der Waals surface area contributed by atoms with E-state index in [4.69, 9.17) is 0 Å². The number of hydrogen-bond donors (Lipinski definition) is 1. The van der Waals surface area contributed by atoms with Crippen molar-refractivity contribution in [2.45, 2.75) is 37.3 Å². The smallest absolute Gasteiger partial charge is 0.263 e. The Hall–Kier alpha value is -3.98. The largest absolute Gasteiger partial charge is 0.350 e. The number of carbonyl (C=O) groups excluding carboxylic acids is 1. The minimum Gasteiger partial charge on any atom is -0.350 e. The molecule has 0 saturated heterocycles. The van der Waals surface area contributed by atoms with Crippen LogP contribution >= 0.6 is 11.8 Å². The van der Waals surface area contributed by atoms with Gasteiger partial charge in [0.25, 0.3) is 11.5 Å². The van der Waals surface area contributed by atoms with Gasteiger partial charge < -0.3 is 5.32 Å². The van der Waals surface area contributed by atoms with Gasteiger partial charge in [-0.25, -0.2) is 4.39 Å². The molecule has 3 aromatic carbocycles. The summed E-state index contributed by atoms with van der Waals surface area (Å²) < 4.78 is 16.7. The molecule has 0 spiro atoms. The standard InChI is InChI=1S/C27H24FN5O2S/c1-17(2)29-24(34)20-10-13-22-23(14-20)33-26(32(25(22)35)15-18-6-4-3-5-7-18)30-31-27(33)36-16-19-8-11-21(28)12-9-19/h3-14,17H,15-16H2,1-2H3,(H,29,34). The highest BCUT2D eigenvalue weighted by molar-refractivity contribution is 7.98. The van der Waals surface area contributed by atoms with Crippen molar-refractivity contribution in [3.8, 4) is 0 Å². The molecule has 9 heteroatoms. The van der Waals surface area contributed by atoms with Crippen LogP contribution < -0.4 is 10.9 Å². The van der Waals surface area contributed by atoms with Gasteiger partial charge in [-0.15, -0.1) is 10.2 Å². The van der Waals surface area contributed by atoms with Gasteiger partial charge in [0, 0.05) is 17.4 Å². The Bertz CT molecular complexity index is 1610. The predicted octanol–water partition coefficient (Wildman–Crippen LogP) is 4.66. The molecule has 7 nitrogen and oxygen atoms in total. The third kappa shape index (κ3) is 4.74. The van der Waals surface area contributed by atoms with Crippen molar-refractivity contribution < 1.29 is 9.18 Å². The van der Waals surface area contributed by atoms with Crippen LogP contribution in [0.3, 0.4) is 0 Å². The first-order valence-corrected chi connectivity index (χ1v) is 12.5. The van der Waals surface area contributed by atoms with E-state index in [1.165, 1.54) is 23.9 Å². The molecule has 182 valence electrons. The van der Waals surface area contributed by atoms with Gasteiger partial charge in [-0.05, 0) is 55.3 Å². The second kappa shape index (κ2) is 9.94. The summed E-state index contributed by atoms with van der Waals surface area (Å²) in [5, 5.41) is 12.7. The number of benzene rings is 3. The summed E-state index contributed by atoms with van der Waals surface area (Å²) in [5.74, 6) is 0.412. The monoisotopic (exact) mass is 501 g/mol. The van der Waals surface area contributed by atoms with E-state index in [9.17, 15) is 14.0 Å². The first-order valence-electron chi connectivity index (χ1n) is 11.5. The first kappa shape index (κ1) is 23.7. The van der Waals surface area contributed by atoms with Crippen molar-refractivity contribution in [1.29, 1.82) is 0 Å². The van der Waals surface area contributed by atoms with E-state index >= 15 is 0 Å². The summed E-state index contributed by atoms with van der Waals surface area (Å²) in [6.45, 7) is 4.11.